The molecule has 3 rings (SSSR count). The number of halogens is 1. The van der Waals surface area contributed by atoms with Gasteiger partial charge in [-0.15, -0.1) is 24.0 Å². The zero-order chi connectivity index (χ0) is 17.6. The van der Waals surface area contributed by atoms with Gasteiger partial charge >= 0.3 is 0 Å². The van der Waals surface area contributed by atoms with Crippen LogP contribution in [0.2, 0.25) is 0 Å². The van der Waals surface area contributed by atoms with Gasteiger partial charge < -0.3 is 15.3 Å². The molecule has 7 heteroatoms. The number of hydrogen-bond donors (Lipinski definition) is 2. The predicted octanol–water partition coefficient (Wildman–Crippen LogP) is 2.77. The van der Waals surface area contributed by atoms with Gasteiger partial charge in [-0.25, -0.2) is 4.99 Å². The van der Waals surface area contributed by atoms with Crippen LogP contribution in [0.5, 0.6) is 5.75 Å². The Morgan fingerprint density at radius 2 is 2.08 bits per heavy atom. The molecule has 1 fully saturated rings. The number of nitrogens with zero attached hydrogens (tertiary/aromatic N) is 4. The summed E-state index contributed by atoms with van der Waals surface area (Å²) in [5, 5.41) is 17.0. The van der Waals surface area contributed by atoms with E-state index in [1.165, 1.54) is 12.0 Å². The average Bonchev–Trinajstić information content (AvgIpc) is 3.22. The Labute approximate surface area is 172 Å². The summed E-state index contributed by atoms with van der Waals surface area (Å²) >= 11 is 0. The Kier molecular flexibility index (Phi) is 7.74. The molecule has 142 valence electrons. The van der Waals surface area contributed by atoms with Crippen molar-refractivity contribution in [1.82, 2.24) is 20.0 Å². The summed E-state index contributed by atoms with van der Waals surface area (Å²) in [4.78, 5) is 7.13. The highest BCUT2D eigenvalue weighted by Crippen LogP contribution is 2.21. The largest absolute Gasteiger partial charge is 0.508 e. The lowest BCUT2D eigenvalue weighted by atomic mass is 10.0. The van der Waals surface area contributed by atoms with Gasteiger partial charge in [0.1, 0.15) is 5.75 Å². The van der Waals surface area contributed by atoms with Gasteiger partial charge in [-0.2, -0.15) is 5.10 Å². The molecular formula is C19H28IN5O. The number of aliphatic imine (C=N–C) groups is 1. The van der Waals surface area contributed by atoms with Crippen LogP contribution in [0.15, 0.2) is 41.7 Å². The Balaban J connectivity index is 0.00000243. The molecule has 0 amide bonds. The second-order valence-electron chi connectivity index (χ2n) is 6.66. The first-order chi connectivity index (χ1) is 12.1. The van der Waals surface area contributed by atoms with E-state index in [9.17, 15) is 5.11 Å². The molecule has 1 aromatic heterocycles. The number of nitrogens with one attached hydrogen (secondary N) is 1. The highest BCUT2D eigenvalue weighted by molar-refractivity contribution is 14.0. The minimum absolute atomic E-state index is 0. The van der Waals surface area contributed by atoms with Crippen LogP contribution in [0.4, 0.5) is 0 Å². The highest BCUT2D eigenvalue weighted by Gasteiger charge is 2.25. The Hall–Kier alpha value is -1.77. The van der Waals surface area contributed by atoms with Crippen molar-refractivity contribution in [2.75, 3.05) is 19.6 Å². The summed E-state index contributed by atoms with van der Waals surface area (Å²) in [5.41, 5.74) is 2.40. The third kappa shape index (κ3) is 5.62. The first-order valence-corrected chi connectivity index (χ1v) is 8.92. The molecule has 0 radical (unpaired) electrons. The number of aromatic hydroxyl groups is 1. The van der Waals surface area contributed by atoms with Crippen molar-refractivity contribution < 1.29 is 5.11 Å². The first kappa shape index (κ1) is 20.5. The van der Waals surface area contributed by atoms with Crippen LogP contribution in [0, 0.1) is 5.92 Å². The van der Waals surface area contributed by atoms with Crippen molar-refractivity contribution in [3.63, 3.8) is 0 Å². The first-order valence-electron chi connectivity index (χ1n) is 8.92. The molecule has 2 N–H and O–H groups in total. The molecular weight excluding hydrogens is 441 g/mol. The van der Waals surface area contributed by atoms with Gasteiger partial charge in [0.2, 0.25) is 0 Å². The average molecular weight is 469 g/mol. The van der Waals surface area contributed by atoms with E-state index in [1.54, 1.807) is 12.1 Å². The number of hydrogen-bond acceptors (Lipinski definition) is 3. The Morgan fingerprint density at radius 1 is 1.31 bits per heavy atom. The molecule has 0 aliphatic carbocycles. The van der Waals surface area contributed by atoms with Crippen LogP contribution in [-0.2, 0) is 20.0 Å². The highest BCUT2D eigenvalue weighted by atomic mass is 127. The van der Waals surface area contributed by atoms with Gasteiger partial charge in [0.05, 0.1) is 12.7 Å². The second-order valence-corrected chi connectivity index (χ2v) is 6.66. The van der Waals surface area contributed by atoms with E-state index < -0.39 is 0 Å². The second kappa shape index (κ2) is 9.80. The normalized spacial score (nSPS) is 17.2. The van der Waals surface area contributed by atoms with Crippen molar-refractivity contribution in [3.05, 3.63) is 47.8 Å². The Bertz CT molecular complexity index is 713. The SMILES string of the molecule is CCNC(=NCc1ccc(O)cc1)N1CCC(Cc2cnn(C)c2)C1.I. The van der Waals surface area contributed by atoms with Crippen molar-refractivity contribution in [2.45, 2.75) is 26.3 Å². The lowest BCUT2D eigenvalue weighted by Crippen LogP contribution is -2.40. The van der Waals surface area contributed by atoms with Crippen molar-refractivity contribution in [3.8, 4) is 5.75 Å². The van der Waals surface area contributed by atoms with Crippen LogP contribution in [0.25, 0.3) is 0 Å². The molecule has 2 heterocycles. The van der Waals surface area contributed by atoms with E-state index in [0.29, 0.717) is 12.5 Å². The lowest BCUT2D eigenvalue weighted by Gasteiger charge is -2.21. The van der Waals surface area contributed by atoms with Gasteiger partial charge in [0, 0.05) is 32.9 Å². The Morgan fingerprint density at radius 3 is 2.73 bits per heavy atom. The fraction of sp³-hybridized carbons (Fsp3) is 0.474. The number of aromatic nitrogens is 2. The van der Waals surface area contributed by atoms with E-state index in [-0.39, 0.29) is 29.7 Å². The van der Waals surface area contributed by atoms with E-state index in [1.807, 2.05) is 30.1 Å². The van der Waals surface area contributed by atoms with Crippen molar-refractivity contribution in [2.24, 2.45) is 18.0 Å². The summed E-state index contributed by atoms with van der Waals surface area (Å²) in [6, 6.07) is 7.24. The van der Waals surface area contributed by atoms with Crippen LogP contribution in [0.1, 0.15) is 24.5 Å². The molecule has 0 saturated carbocycles. The number of benzene rings is 1. The molecule has 6 nitrogen and oxygen atoms in total. The lowest BCUT2D eigenvalue weighted by molar-refractivity contribution is 0.460. The smallest absolute Gasteiger partial charge is 0.194 e. The molecule has 0 spiro atoms. The molecule has 1 aliphatic rings. The predicted molar refractivity (Wildman–Crippen MR) is 115 cm³/mol. The summed E-state index contributed by atoms with van der Waals surface area (Å²) in [6.45, 7) is 5.63. The van der Waals surface area contributed by atoms with Crippen molar-refractivity contribution >= 4 is 29.9 Å². The minimum atomic E-state index is 0. The summed E-state index contributed by atoms with van der Waals surface area (Å²) in [5.74, 6) is 1.91. The fourth-order valence-electron chi connectivity index (χ4n) is 3.30. The molecule has 0 bridgehead atoms. The topological polar surface area (TPSA) is 65.7 Å². The van der Waals surface area contributed by atoms with Crippen molar-refractivity contribution in [1.29, 1.82) is 0 Å². The van der Waals surface area contributed by atoms with Gasteiger partial charge in [0.15, 0.2) is 5.96 Å². The molecule has 1 saturated heterocycles. The molecule has 1 unspecified atom stereocenters. The molecule has 26 heavy (non-hydrogen) atoms. The van der Waals surface area contributed by atoms with E-state index in [4.69, 9.17) is 4.99 Å². The quantitative estimate of drug-likeness (QED) is 0.402. The zero-order valence-corrected chi connectivity index (χ0v) is 17.8. The number of phenolic OH excluding ortho intramolecular Hbond substituents is 1. The zero-order valence-electron chi connectivity index (χ0n) is 15.4. The number of aryl methyl sites for hydroxylation is 1. The number of likely N-dealkylation sites (tertiary alicyclic amines) is 1. The van der Waals surface area contributed by atoms with Gasteiger partial charge in [-0.3, -0.25) is 4.68 Å². The summed E-state index contributed by atoms with van der Waals surface area (Å²) < 4.78 is 1.87. The molecule has 1 atom stereocenters. The number of phenols is 1. The van der Waals surface area contributed by atoms with Crippen LogP contribution in [-0.4, -0.2) is 45.4 Å². The monoisotopic (exact) mass is 469 g/mol. The van der Waals surface area contributed by atoms with E-state index in [0.717, 1.165) is 37.6 Å². The maximum atomic E-state index is 9.38. The third-order valence-corrected chi connectivity index (χ3v) is 4.55. The van der Waals surface area contributed by atoms with Crippen LogP contribution >= 0.6 is 24.0 Å². The van der Waals surface area contributed by atoms with E-state index >= 15 is 0 Å². The number of guanidine groups is 1. The standard InChI is InChI=1S/C19H27N5O.HI/c1-3-20-19(21-11-15-4-6-18(25)7-5-15)24-9-8-16(14-24)10-17-12-22-23(2)13-17;/h4-7,12-13,16,25H,3,8-11,14H2,1-2H3,(H,20,21);1H. The van der Waals surface area contributed by atoms with Gasteiger partial charge in [0.25, 0.3) is 0 Å². The maximum absolute atomic E-state index is 9.38. The molecule has 1 aliphatic heterocycles. The third-order valence-electron chi connectivity index (χ3n) is 4.55. The summed E-state index contributed by atoms with van der Waals surface area (Å²) in [7, 11) is 1.96. The molecule has 2 aromatic rings. The minimum Gasteiger partial charge on any atom is -0.508 e. The van der Waals surface area contributed by atoms with Gasteiger partial charge in [-0.1, -0.05) is 12.1 Å². The fourth-order valence-corrected chi connectivity index (χ4v) is 3.30. The molecule has 1 aromatic carbocycles. The maximum Gasteiger partial charge on any atom is 0.194 e. The van der Waals surface area contributed by atoms with Gasteiger partial charge in [-0.05, 0) is 48.9 Å². The number of rotatable bonds is 5. The van der Waals surface area contributed by atoms with E-state index in [2.05, 4.69) is 28.4 Å². The van der Waals surface area contributed by atoms with Crippen LogP contribution in [0.3, 0.4) is 0 Å². The van der Waals surface area contributed by atoms with Crippen LogP contribution < -0.4 is 5.32 Å². The summed E-state index contributed by atoms with van der Waals surface area (Å²) in [6.07, 6.45) is 6.32.